The Hall–Kier alpha value is -4.46. The first-order chi connectivity index (χ1) is 17.5. The van der Waals surface area contributed by atoms with Crippen molar-refractivity contribution in [2.24, 2.45) is 0 Å². The van der Waals surface area contributed by atoms with E-state index >= 15 is 0 Å². The number of amides is 1. The van der Waals surface area contributed by atoms with Crippen molar-refractivity contribution in [2.75, 3.05) is 18.1 Å². The molecule has 3 aromatic heterocycles. The molecule has 186 valence electrons. The zero-order valence-corrected chi connectivity index (χ0v) is 18.5. The van der Waals surface area contributed by atoms with Crippen molar-refractivity contribution >= 4 is 11.8 Å². The van der Waals surface area contributed by atoms with E-state index in [0.717, 1.165) is 16.7 Å². The number of H-pyrrole nitrogens is 1. The summed E-state index contributed by atoms with van der Waals surface area (Å²) in [6, 6.07) is 5.21. The van der Waals surface area contributed by atoms with Gasteiger partial charge in [-0.1, -0.05) is 11.3 Å². The van der Waals surface area contributed by atoms with Crippen LogP contribution in [0.1, 0.15) is 11.4 Å². The Morgan fingerprint density at radius 3 is 2.78 bits per heavy atom. The SMILES string of the molecule is O=C1O[C@@H](COc2ccon2)CN1c1cc(F)c(-c2ccc(CNCc3cnn[nH]3)nc2)c(F)c1F. The molecule has 1 aliphatic rings. The maximum absolute atomic E-state index is 15.0. The van der Waals surface area contributed by atoms with E-state index in [4.69, 9.17) is 9.47 Å². The molecule has 11 nitrogen and oxygen atoms in total. The minimum absolute atomic E-state index is 0.0415. The summed E-state index contributed by atoms with van der Waals surface area (Å²) in [6.45, 7) is 0.559. The number of aromatic amines is 1. The second-order valence-corrected chi connectivity index (χ2v) is 7.77. The fourth-order valence-electron chi connectivity index (χ4n) is 3.61. The van der Waals surface area contributed by atoms with Gasteiger partial charge in [0.2, 0.25) is 0 Å². The van der Waals surface area contributed by atoms with E-state index in [1.165, 1.54) is 24.6 Å². The van der Waals surface area contributed by atoms with Gasteiger partial charge in [0.25, 0.3) is 5.88 Å². The Morgan fingerprint density at radius 2 is 2.06 bits per heavy atom. The van der Waals surface area contributed by atoms with Gasteiger partial charge in [0, 0.05) is 37.0 Å². The number of aromatic nitrogens is 5. The zero-order chi connectivity index (χ0) is 25.1. The average Bonchev–Trinajstić information content (AvgIpc) is 3.64. The lowest BCUT2D eigenvalue weighted by atomic mass is 10.0. The van der Waals surface area contributed by atoms with E-state index in [1.54, 1.807) is 12.3 Å². The topological polar surface area (TPSA) is 131 Å². The van der Waals surface area contributed by atoms with Crippen LogP contribution in [0.3, 0.4) is 0 Å². The molecule has 1 atom stereocenters. The Bertz CT molecular complexity index is 1330. The van der Waals surface area contributed by atoms with Crippen molar-refractivity contribution in [3.8, 4) is 17.0 Å². The first-order valence-corrected chi connectivity index (χ1v) is 10.7. The van der Waals surface area contributed by atoms with Crippen molar-refractivity contribution in [1.29, 1.82) is 0 Å². The second kappa shape index (κ2) is 10.0. The molecule has 36 heavy (non-hydrogen) atoms. The highest BCUT2D eigenvalue weighted by atomic mass is 19.2. The van der Waals surface area contributed by atoms with Gasteiger partial charge < -0.3 is 19.3 Å². The van der Waals surface area contributed by atoms with Crippen molar-refractivity contribution < 1.29 is 32.0 Å². The van der Waals surface area contributed by atoms with Crippen LogP contribution in [0.5, 0.6) is 5.88 Å². The molecule has 0 saturated carbocycles. The number of carbonyl (C=O) groups is 1. The largest absolute Gasteiger partial charge is 0.471 e. The number of rotatable bonds is 9. The smallest absolute Gasteiger partial charge is 0.414 e. The van der Waals surface area contributed by atoms with Gasteiger partial charge in [-0.25, -0.2) is 18.0 Å². The second-order valence-electron chi connectivity index (χ2n) is 7.77. The van der Waals surface area contributed by atoms with Gasteiger partial charge in [0.05, 0.1) is 35.4 Å². The van der Waals surface area contributed by atoms with E-state index in [0.29, 0.717) is 18.8 Å². The summed E-state index contributed by atoms with van der Waals surface area (Å²) in [6.07, 6.45) is 2.34. The molecule has 0 unspecified atom stereocenters. The Morgan fingerprint density at radius 1 is 1.17 bits per heavy atom. The monoisotopic (exact) mass is 501 g/mol. The summed E-state index contributed by atoms with van der Waals surface area (Å²) < 4.78 is 60.0. The van der Waals surface area contributed by atoms with E-state index in [-0.39, 0.29) is 24.6 Å². The number of anilines is 1. The molecule has 14 heteroatoms. The van der Waals surface area contributed by atoms with Crippen LogP contribution in [-0.2, 0) is 17.8 Å². The van der Waals surface area contributed by atoms with E-state index in [9.17, 15) is 18.0 Å². The van der Waals surface area contributed by atoms with Gasteiger partial charge in [-0.05, 0) is 11.2 Å². The Kier molecular flexibility index (Phi) is 6.49. The summed E-state index contributed by atoms with van der Waals surface area (Å²) in [5.41, 5.74) is 0.250. The summed E-state index contributed by atoms with van der Waals surface area (Å²) in [7, 11) is 0. The summed E-state index contributed by atoms with van der Waals surface area (Å²) >= 11 is 0. The standard InChI is InChI=1S/C22H18F3N7O4/c23-16-5-17(32-10-15(36-22(32)33)11-34-18-3-4-35-30-18)20(24)21(25)19(16)12-1-2-13(27-6-12)7-26-8-14-9-28-31-29-14/h1-6,9,15,26H,7-8,10-11H2,(H,28,29,31)/t15-/m1/s1. The highest BCUT2D eigenvalue weighted by molar-refractivity contribution is 5.90. The van der Waals surface area contributed by atoms with Gasteiger partial charge in [-0.15, -0.1) is 5.10 Å². The maximum atomic E-state index is 15.0. The first kappa shape index (κ1) is 23.3. The van der Waals surface area contributed by atoms with Crippen LogP contribution in [0.25, 0.3) is 11.1 Å². The molecule has 5 rings (SSSR count). The molecule has 1 saturated heterocycles. The lowest BCUT2D eigenvalue weighted by Crippen LogP contribution is -2.28. The summed E-state index contributed by atoms with van der Waals surface area (Å²) in [5.74, 6) is -3.72. The molecule has 0 radical (unpaired) electrons. The predicted octanol–water partition coefficient (Wildman–Crippen LogP) is 2.97. The fraction of sp³-hybridized carbons (Fsp3) is 0.227. The van der Waals surface area contributed by atoms with E-state index < -0.39 is 40.9 Å². The zero-order valence-electron chi connectivity index (χ0n) is 18.5. The first-order valence-electron chi connectivity index (χ1n) is 10.7. The van der Waals surface area contributed by atoms with Gasteiger partial charge >= 0.3 is 6.09 Å². The quantitative estimate of drug-likeness (QED) is 0.332. The highest BCUT2D eigenvalue weighted by Crippen LogP contribution is 2.34. The van der Waals surface area contributed by atoms with Gasteiger partial charge in [0.15, 0.2) is 17.7 Å². The molecule has 1 amide bonds. The van der Waals surface area contributed by atoms with Crippen molar-refractivity contribution in [3.63, 3.8) is 0 Å². The lowest BCUT2D eigenvalue weighted by Gasteiger charge is -2.17. The van der Waals surface area contributed by atoms with Crippen LogP contribution in [0, 0.1) is 17.5 Å². The van der Waals surface area contributed by atoms with Crippen LogP contribution >= 0.6 is 0 Å². The van der Waals surface area contributed by atoms with Crippen molar-refractivity contribution in [3.05, 3.63) is 71.8 Å². The number of halogens is 3. The molecule has 1 aliphatic heterocycles. The van der Waals surface area contributed by atoms with Crippen molar-refractivity contribution in [1.82, 2.24) is 30.9 Å². The number of pyridine rings is 1. The third-order valence-electron chi connectivity index (χ3n) is 5.34. The molecular formula is C22H18F3N7O4. The predicted molar refractivity (Wildman–Crippen MR) is 116 cm³/mol. The Balaban J connectivity index is 1.28. The van der Waals surface area contributed by atoms with Crippen LogP contribution in [0.4, 0.5) is 23.7 Å². The highest BCUT2D eigenvalue weighted by Gasteiger charge is 2.36. The number of cyclic esters (lactones) is 1. The van der Waals surface area contributed by atoms with Gasteiger partial charge in [0.1, 0.15) is 18.7 Å². The molecule has 4 heterocycles. The number of carbonyl (C=O) groups excluding carboxylic acids is 1. The van der Waals surface area contributed by atoms with E-state index in [2.05, 4.69) is 35.4 Å². The molecule has 1 fully saturated rings. The molecule has 4 aromatic rings. The lowest BCUT2D eigenvalue weighted by molar-refractivity contribution is 0.101. The maximum Gasteiger partial charge on any atom is 0.414 e. The molecular weight excluding hydrogens is 483 g/mol. The number of hydrogen-bond donors (Lipinski definition) is 2. The number of hydrogen-bond acceptors (Lipinski definition) is 9. The van der Waals surface area contributed by atoms with Crippen LogP contribution in [0.2, 0.25) is 0 Å². The summed E-state index contributed by atoms with van der Waals surface area (Å²) in [4.78, 5) is 17.2. The molecule has 0 spiro atoms. The number of nitrogens with zero attached hydrogens (tertiary/aromatic N) is 5. The Labute approximate surface area is 201 Å². The van der Waals surface area contributed by atoms with Gasteiger partial charge in [-0.2, -0.15) is 0 Å². The summed E-state index contributed by atoms with van der Waals surface area (Å²) in [5, 5.41) is 16.6. The van der Waals surface area contributed by atoms with Gasteiger partial charge in [-0.3, -0.25) is 15.0 Å². The number of ether oxygens (including phenoxy) is 2. The molecule has 0 aliphatic carbocycles. The minimum Gasteiger partial charge on any atom is -0.471 e. The average molecular weight is 501 g/mol. The normalized spacial score (nSPS) is 15.4. The van der Waals surface area contributed by atoms with Crippen LogP contribution < -0.4 is 15.0 Å². The minimum atomic E-state index is -1.44. The van der Waals surface area contributed by atoms with E-state index in [1.807, 2.05) is 0 Å². The third-order valence-corrected chi connectivity index (χ3v) is 5.34. The molecule has 1 aromatic carbocycles. The van der Waals surface area contributed by atoms with Crippen molar-refractivity contribution in [2.45, 2.75) is 19.2 Å². The number of nitrogens with one attached hydrogen (secondary N) is 2. The molecule has 2 N–H and O–H groups in total. The van der Waals surface area contributed by atoms with Crippen LogP contribution in [0.15, 0.2) is 47.4 Å². The van der Waals surface area contributed by atoms with Crippen LogP contribution in [-0.4, -0.2) is 50.9 Å². The molecule has 0 bridgehead atoms. The fourth-order valence-corrected chi connectivity index (χ4v) is 3.61. The third kappa shape index (κ3) is 4.84. The number of benzene rings is 1.